The average molecular weight is 604 g/mol. The van der Waals surface area contributed by atoms with Crippen molar-refractivity contribution in [3.05, 3.63) is 200 Å². The quantitative estimate of drug-likeness (QED) is 0.175. The summed E-state index contributed by atoms with van der Waals surface area (Å²) < 4.78 is 37.2. The van der Waals surface area contributed by atoms with E-state index >= 15 is 0 Å². The molecular weight excluding hydrogens is 567 g/mol. The van der Waals surface area contributed by atoms with E-state index in [1.54, 1.807) is 0 Å². The molecule has 0 fully saturated rings. The fraction of sp³-hybridized carbons (Fsp3) is 0. The summed E-state index contributed by atoms with van der Waals surface area (Å²) in [5.41, 5.74) is 9.09. The van der Waals surface area contributed by atoms with Crippen LogP contribution in [0.3, 0.4) is 0 Å². The van der Waals surface area contributed by atoms with E-state index in [4.69, 9.17) is 2.74 Å². The Morgan fingerprint density at radius 2 is 0.957 bits per heavy atom. The van der Waals surface area contributed by atoms with Gasteiger partial charge in [-0.1, -0.05) is 164 Å². The lowest BCUT2D eigenvalue weighted by molar-refractivity contribution is 1.28. The van der Waals surface area contributed by atoms with Crippen molar-refractivity contribution >= 4 is 27.8 Å². The lowest BCUT2D eigenvalue weighted by Gasteiger charge is -2.28. The van der Waals surface area contributed by atoms with Crippen molar-refractivity contribution in [3.63, 3.8) is 0 Å². The molecule has 0 atom stereocenters. The Kier molecular flexibility index (Phi) is 6.50. The van der Waals surface area contributed by atoms with Gasteiger partial charge in [-0.25, -0.2) is 0 Å². The SMILES string of the molecule is [2H]c1c([2H])c(-c2cccc3ccccc23)c([2H])c(N(c2ccc(-c3cccc(-c4ccccc4)c3)cc2)c2ccccc2-c2ccccc2)c1[2H]. The Morgan fingerprint density at radius 3 is 1.74 bits per heavy atom. The van der Waals surface area contributed by atoms with Gasteiger partial charge in [-0.05, 0) is 86.1 Å². The molecule has 0 aromatic heterocycles. The minimum absolute atomic E-state index is 0.0276. The zero-order valence-corrected chi connectivity index (χ0v) is 25.7. The molecule has 0 saturated heterocycles. The topological polar surface area (TPSA) is 3.24 Å². The molecule has 0 unspecified atom stereocenters. The van der Waals surface area contributed by atoms with Gasteiger partial charge < -0.3 is 4.90 Å². The molecule has 1 heteroatoms. The van der Waals surface area contributed by atoms with Crippen LogP contribution in [0.5, 0.6) is 0 Å². The molecule has 47 heavy (non-hydrogen) atoms. The van der Waals surface area contributed by atoms with Crippen LogP contribution in [-0.2, 0) is 0 Å². The second-order valence-electron chi connectivity index (χ2n) is 11.5. The number of hydrogen-bond acceptors (Lipinski definition) is 1. The Hall–Kier alpha value is -6.18. The molecule has 0 aliphatic rings. The summed E-state index contributed by atoms with van der Waals surface area (Å²) >= 11 is 0. The molecule has 0 saturated carbocycles. The minimum atomic E-state index is -0.222. The van der Waals surface area contributed by atoms with Crippen molar-refractivity contribution in [1.29, 1.82) is 0 Å². The number of anilines is 3. The third-order valence-corrected chi connectivity index (χ3v) is 8.55. The summed E-state index contributed by atoms with van der Waals surface area (Å²) in [6.45, 7) is 0. The highest BCUT2D eigenvalue weighted by molar-refractivity contribution is 5.98. The van der Waals surface area contributed by atoms with Gasteiger partial charge in [-0.2, -0.15) is 0 Å². The largest absolute Gasteiger partial charge is 0.310 e. The van der Waals surface area contributed by atoms with Gasteiger partial charge in [0, 0.05) is 16.9 Å². The van der Waals surface area contributed by atoms with E-state index in [9.17, 15) is 2.74 Å². The molecule has 8 rings (SSSR count). The standard InChI is InChI=1S/C46H33N/c1-3-14-34(15-4-1)38-20-11-21-39(32-38)35-28-30-41(31-29-35)47(46-27-10-9-25-45(46)37-16-5-2-6-17-37)42-23-12-22-40(33-42)44-26-13-19-36-18-7-8-24-43(36)44/h1-33H/i12D,22D,23D,33D. The molecular formula is C46H33N. The second kappa shape index (κ2) is 12.7. The number of benzene rings is 8. The highest BCUT2D eigenvalue weighted by Gasteiger charge is 2.18. The zero-order valence-electron chi connectivity index (χ0n) is 29.7. The lowest BCUT2D eigenvalue weighted by Crippen LogP contribution is -2.11. The summed E-state index contributed by atoms with van der Waals surface area (Å²) in [6, 6.07) is 58.2. The van der Waals surface area contributed by atoms with Crippen LogP contribution in [0, 0.1) is 0 Å². The van der Waals surface area contributed by atoms with Crippen LogP contribution in [0.1, 0.15) is 5.48 Å². The van der Waals surface area contributed by atoms with Crippen molar-refractivity contribution < 1.29 is 5.48 Å². The van der Waals surface area contributed by atoms with Crippen molar-refractivity contribution in [2.24, 2.45) is 0 Å². The lowest BCUT2D eigenvalue weighted by atomic mass is 9.97. The smallest absolute Gasteiger partial charge is 0.0651 e. The first-order valence-corrected chi connectivity index (χ1v) is 15.8. The molecule has 1 nitrogen and oxygen atoms in total. The van der Waals surface area contributed by atoms with Crippen molar-refractivity contribution in [2.75, 3.05) is 4.90 Å². The van der Waals surface area contributed by atoms with Crippen molar-refractivity contribution in [1.82, 2.24) is 0 Å². The first kappa shape index (κ1) is 24.1. The van der Waals surface area contributed by atoms with Crippen LogP contribution in [0.25, 0.3) is 55.3 Å². The molecule has 0 radical (unpaired) electrons. The average Bonchev–Trinajstić information content (AvgIpc) is 3.20. The van der Waals surface area contributed by atoms with Crippen LogP contribution in [0.4, 0.5) is 17.1 Å². The van der Waals surface area contributed by atoms with Gasteiger partial charge in [0.1, 0.15) is 0 Å². The Balaban J connectivity index is 1.34. The van der Waals surface area contributed by atoms with Crippen molar-refractivity contribution in [2.45, 2.75) is 0 Å². The second-order valence-corrected chi connectivity index (χ2v) is 11.5. The van der Waals surface area contributed by atoms with Gasteiger partial charge in [0.15, 0.2) is 0 Å². The van der Waals surface area contributed by atoms with Gasteiger partial charge in [-0.3, -0.25) is 0 Å². The van der Waals surface area contributed by atoms with E-state index in [1.807, 2.05) is 132 Å². The predicted molar refractivity (Wildman–Crippen MR) is 200 cm³/mol. The van der Waals surface area contributed by atoms with Crippen molar-refractivity contribution in [3.8, 4) is 44.5 Å². The molecule has 222 valence electrons. The van der Waals surface area contributed by atoms with Gasteiger partial charge in [-0.15, -0.1) is 0 Å². The number of para-hydroxylation sites is 1. The van der Waals surface area contributed by atoms with Crippen LogP contribution in [0.15, 0.2) is 200 Å². The van der Waals surface area contributed by atoms with Crippen LogP contribution < -0.4 is 4.90 Å². The predicted octanol–water partition coefficient (Wildman–Crippen LogP) is 13.0. The molecule has 0 heterocycles. The minimum Gasteiger partial charge on any atom is -0.310 e. The molecule has 0 aliphatic carbocycles. The molecule has 0 bridgehead atoms. The molecule has 0 N–H and O–H groups in total. The van der Waals surface area contributed by atoms with E-state index in [0.717, 1.165) is 55.5 Å². The van der Waals surface area contributed by atoms with Gasteiger partial charge in [0.05, 0.1) is 11.2 Å². The van der Waals surface area contributed by atoms with Gasteiger partial charge in [0.2, 0.25) is 0 Å². The summed E-state index contributed by atoms with van der Waals surface area (Å²) in [7, 11) is 0. The maximum absolute atomic E-state index is 9.76. The third-order valence-electron chi connectivity index (χ3n) is 8.55. The van der Waals surface area contributed by atoms with E-state index in [-0.39, 0.29) is 29.9 Å². The Labute approximate surface area is 282 Å². The fourth-order valence-electron chi connectivity index (χ4n) is 6.25. The first-order valence-electron chi connectivity index (χ1n) is 17.8. The summed E-state index contributed by atoms with van der Waals surface area (Å²) in [5.74, 6) is 0. The van der Waals surface area contributed by atoms with Gasteiger partial charge in [0.25, 0.3) is 0 Å². The summed E-state index contributed by atoms with van der Waals surface area (Å²) in [5, 5.41) is 1.87. The number of hydrogen-bond donors (Lipinski definition) is 0. The maximum Gasteiger partial charge on any atom is 0.0651 e. The molecule has 8 aromatic rings. The summed E-state index contributed by atoms with van der Waals surface area (Å²) in [4.78, 5) is 1.92. The van der Waals surface area contributed by atoms with E-state index in [0.29, 0.717) is 11.1 Å². The van der Waals surface area contributed by atoms with E-state index in [1.165, 1.54) is 0 Å². The van der Waals surface area contributed by atoms with E-state index < -0.39 is 0 Å². The van der Waals surface area contributed by atoms with Crippen LogP contribution in [-0.4, -0.2) is 0 Å². The maximum atomic E-state index is 9.76. The fourth-order valence-corrected chi connectivity index (χ4v) is 6.25. The molecule has 0 amide bonds. The Morgan fingerprint density at radius 1 is 0.383 bits per heavy atom. The first-order chi connectivity index (χ1) is 25.0. The number of nitrogens with zero attached hydrogens (tertiary/aromatic N) is 1. The van der Waals surface area contributed by atoms with E-state index in [2.05, 4.69) is 48.5 Å². The highest BCUT2D eigenvalue weighted by Crippen LogP contribution is 2.42. The Bertz CT molecular complexity index is 2510. The van der Waals surface area contributed by atoms with Crippen LogP contribution in [0.2, 0.25) is 0 Å². The zero-order chi connectivity index (χ0) is 34.9. The normalized spacial score (nSPS) is 12.2. The number of fused-ring (bicyclic) bond motifs is 1. The molecule has 8 aromatic carbocycles. The monoisotopic (exact) mass is 603 g/mol. The number of rotatable bonds is 7. The van der Waals surface area contributed by atoms with Gasteiger partial charge >= 0.3 is 0 Å². The van der Waals surface area contributed by atoms with Crippen LogP contribution >= 0.6 is 0 Å². The summed E-state index contributed by atoms with van der Waals surface area (Å²) in [6.07, 6.45) is 0. The molecule has 0 aliphatic heterocycles. The third kappa shape index (κ3) is 5.72. The highest BCUT2D eigenvalue weighted by atomic mass is 15.1. The molecule has 0 spiro atoms.